The van der Waals surface area contributed by atoms with Crippen LogP contribution in [-0.2, 0) is 6.42 Å². The number of rotatable bonds is 2. The zero-order valence-electron chi connectivity index (χ0n) is 8.88. The van der Waals surface area contributed by atoms with E-state index < -0.39 is 0 Å². The predicted octanol–water partition coefficient (Wildman–Crippen LogP) is 3.98. The highest BCUT2D eigenvalue weighted by Crippen LogP contribution is 2.28. The van der Waals surface area contributed by atoms with Crippen LogP contribution in [0.4, 0.5) is 0 Å². The second-order valence-corrected chi connectivity index (χ2v) is 3.84. The summed E-state index contributed by atoms with van der Waals surface area (Å²) in [6.45, 7) is 4.40. The lowest BCUT2D eigenvalue weighted by Gasteiger charge is -2.01. The molecule has 0 radical (unpaired) electrons. The summed E-state index contributed by atoms with van der Waals surface area (Å²) in [6.07, 6.45) is 6.85. The van der Waals surface area contributed by atoms with E-state index in [9.17, 15) is 0 Å². The Morgan fingerprint density at radius 3 is 2.86 bits per heavy atom. The van der Waals surface area contributed by atoms with Crippen molar-refractivity contribution in [3.05, 3.63) is 52.6 Å². The van der Waals surface area contributed by atoms with Crippen molar-refractivity contribution < 1.29 is 0 Å². The van der Waals surface area contributed by atoms with Crippen molar-refractivity contribution >= 4 is 6.08 Å². The van der Waals surface area contributed by atoms with E-state index in [4.69, 9.17) is 0 Å². The number of hydrogen-bond donors (Lipinski definition) is 0. The summed E-state index contributed by atoms with van der Waals surface area (Å²) in [7, 11) is 0. The Bertz CT molecular complexity index is 394. The standard InChI is InChI=1S/C14H16/c1-3-6-11(2)14-9-12-7-4-5-8-13(12)10-14/h4-9H,3,10H2,1-2H3. The Kier molecular flexibility index (Phi) is 2.53. The van der Waals surface area contributed by atoms with Crippen molar-refractivity contribution in [3.63, 3.8) is 0 Å². The fourth-order valence-corrected chi connectivity index (χ4v) is 1.97. The molecular formula is C14H16. The lowest BCUT2D eigenvalue weighted by atomic mass is 10.0. The minimum absolute atomic E-state index is 1.11. The van der Waals surface area contributed by atoms with E-state index in [0.29, 0.717) is 0 Å². The molecule has 0 aromatic heterocycles. The molecule has 0 atom stereocenters. The first-order chi connectivity index (χ1) is 6.81. The maximum Gasteiger partial charge on any atom is -0.00171 e. The van der Waals surface area contributed by atoms with Gasteiger partial charge >= 0.3 is 0 Å². The molecule has 0 nitrogen and oxygen atoms in total. The highest BCUT2D eigenvalue weighted by atomic mass is 14.2. The van der Waals surface area contributed by atoms with E-state index in [0.717, 1.165) is 12.8 Å². The molecule has 0 saturated heterocycles. The molecule has 0 unspecified atom stereocenters. The fraction of sp³-hybridized carbons (Fsp3) is 0.286. The van der Waals surface area contributed by atoms with Crippen molar-refractivity contribution in [1.29, 1.82) is 0 Å². The molecule has 14 heavy (non-hydrogen) atoms. The Hall–Kier alpha value is -1.30. The third-order valence-electron chi connectivity index (χ3n) is 2.78. The predicted molar refractivity (Wildman–Crippen MR) is 62.2 cm³/mol. The highest BCUT2D eigenvalue weighted by molar-refractivity contribution is 5.67. The van der Waals surface area contributed by atoms with E-state index >= 15 is 0 Å². The van der Waals surface area contributed by atoms with Crippen molar-refractivity contribution in [2.75, 3.05) is 0 Å². The van der Waals surface area contributed by atoms with Gasteiger partial charge in [-0.15, -0.1) is 0 Å². The van der Waals surface area contributed by atoms with Gasteiger partial charge in [-0.25, -0.2) is 0 Å². The van der Waals surface area contributed by atoms with Crippen molar-refractivity contribution in [2.45, 2.75) is 26.7 Å². The summed E-state index contributed by atoms with van der Waals surface area (Å²) < 4.78 is 0. The first-order valence-corrected chi connectivity index (χ1v) is 5.27. The molecule has 0 aliphatic heterocycles. The van der Waals surface area contributed by atoms with Crippen molar-refractivity contribution in [2.24, 2.45) is 0 Å². The van der Waals surface area contributed by atoms with Crippen molar-refractivity contribution in [3.8, 4) is 0 Å². The molecule has 0 fully saturated rings. The van der Waals surface area contributed by atoms with Crippen LogP contribution in [0.5, 0.6) is 0 Å². The molecule has 1 aromatic rings. The van der Waals surface area contributed by atoms with Crippen LogP contribution in [0.3, 0.4) is 0 Å². The van der Waals surface area contributed by atoms with Crippen LogP contribution in [0, 0.1) is 0 Å². The monoisotopic (exact) mass is 184 g/mol. The number of benzene rings is 1. The van der Waals surface area contributed by atoms with E-state index in [-0.39, 0.29) is 0 Å². The second-order valence-electron chi connectivity index (χ2n) is 3.84. The molecule has 1 aliphatic carbocycles. The van der Waals surface area contributed by atoms with Crippen LogP contribution in [0.1, 0.15) is 31.4 Å². The quantitative estimate of drug-likeness (QED) is 0.652. The Morgan fingerprint density at radius 2 is 2.14 bits per heavy atom. The van der Waals surface area contributed by atoms with Gasteiger partial charge < -0.3 is 0 Å². The summed E-state index contributed by atoms with van der Waals surface area (Å²) in [6, 6.07) is 8.64. The summed E-state index contributed by atoms with van der Waals surface area (Å²) in [5, 5.41) is 0. The van der Waals surface area contributed by atoms with Crippen molar-refractivity contribution in [1.82, 2.24) is 0 Å². The fourth-order valence-electron chi connectivity index (χ4n) is 1.97. The van der Waals surface area contributed by atoms with Crippen LogP contribution in [-0.4, -0.2) is 0 Å². The lowest BCUT2D eigenvalue weighted by Crippen LogP contribution is -1.86. The molecule has 0 heterocycles. The summed E-state index contributed by atoms with van der Waals surface area (Å²) in [5.74, 6) is 0. The maximum atomic E-state index is 2.32. The molecule has 0 N–H and O–H groups in total. The summed E-state index contributed by atoms with van der Waals surface area (Å²) in [5.41, 5.74) is 5.77. The van der Waals surface area contributed by atoms with Gasteiger partial charge in [-0.2, -0.15) is 0 Å². The van der Waals surface area contributed by atoms with Crippen LogP contribution in [0.15, 0.2) is 41.5 Å². The molecule has 1 aromatic carbocycles. The van der Waals surface area contributed by atoms with Gasteiger partial charge in [0.15, 0.2) is 0 Å². The molecule has 2 rings (SSSR count). The molecule has 1 aliphatic rings. The molecule has 0 heteroatoms. The minimum atomic E-state index is 1.11. The lowest BCUT2D eigenvalue weighted by molar-refractivity contribution is 1.14. The molecule has 0 saturated carbocycles. The first-order valence-electron chi connectivity index (χ1n) is 5.27. The third-order valence-corrected chi connectivity index (χ3v) is 2.78. The molecular weight excluding hydrogens is 168 g/mol. The van der Waals surface area contributed by atoms with E-state index in [1.165, 1.54) is 22.3 Å². The highest BCUT2D eigenvalue weighted by Gasteiger charge is 2.11. The molecule has 0 amide bonds. The van der Waals surface area contributed by atoms with Crippen LogP contribution in [0.2, 0.25) is 0 Å². The zero-order chi connectivity index (χ0) is 9.97. The minimum Gasteiger partial charge on any atom is -0.0816 e. The largest absolute Gasteiger partial charge is 0.0816 e. The van der Waals surface area contributed by atoms with Gasteiger partial charge in [0, 0.05) is 0 Å². The molecule has 0 bridgehead atoms. The summed E-state index contributed by atoms with van der Waals surface area (Å²) >= 11 is 0. The SMILES string of the molecule is CCC=C(C)C1=Cc2ccccc2C1. The Morgan fingerprint density at radius 1 is 1.36 bits per heavy atom. The van der Waals surface area contributed by atoms with Crippen LogP contribution >= 0.6 is 0 Å². The number of hydrogen-bond acceptors (Lipinski definition) is 0. The van der Waals surface area contributed by atoms with Gasteiger partial charge in [-0.05, 0) is 36.5 Å². The van der Waals surface area contributed by atoms with Gasteiger partial charge in [-0.3, -0.25) is 0 Å². The van der Waals surface area contributed by atoms with Gasteiger partial charge in [0.25, 0.3) is 0 Å². The normalized spacial score (nSPS) is 15.3. The van der Waals surface area contributed by atoms with E-state index in [1.807, 2.05) is 0 Å². The maximum absolute atomic E-state index is 2.32. The summed E-state index contributed by atoms with van der Waals surface area (Å²) in [4.78, 5) is 0. The van der Waals surface area contributed by atoms with Gasteiger partial charge in [-0.1, -0.05) is 48.9 Å². The third kappa shape index (κ3) is 1.65. The molecule has 72 valence electrons. The molecule has 0 spiro atoms. The van der Waals surface area contributed by atoms with Crippen LogP contribution in [0.25, 0.3) is 6.08 Å². The second kappa shape index (κ2) is 3.83. The number of fused-ring (bicyclic) bond motifs is 1. The Labute approximate surface area is 86.0 Å². The van der Waals surface area contributed by atoms with Gasteiger partial charge in [0.2, 0.25) is 0 Å². The average molecular weight is 184 g/mol. The van der Waals surface area contributed by atoms with E-state index in [2.05, 4.69) is 50.3 Å². The van der Waals surface area contributed by atoms with E-state index in [1.54, 1.807) is 0 Å². The average Bonchev–Trinajstić information content (AvgIpc) is 2.61. The number of allylic oxidation sites excluding steroid dienone is 3. The zero-order valence-corrected chi connectivity index (χ0v) is 8.88. The topological polar surface area (TPSA) is 0 Å². The first kappa shape index (κ1) is 9.26. The van der Waals surface area contributed by atoms with Gasteiger partial charge in [0.1, 0.15) is 0 Å². The Balaban J connectivity index is 2.28. The smallest absolute Gasteiger partial charge is 0.00171 e. The van der Waals surface area contributed by atoms with Gasteiger partial charge in [0.05, 0.1) is 0 Å². The van der Waals surface area contributed by atoms with Crippen LogP contribution < -0.4 is 0 Å².